The van der Waals surface area contributed by atoms with E-state index in [4.69, 9.17) is 17.6 Å². The van der Waals surface area contributed by atoms with Gasteiger partial charge < -0.3 is 14.0 Å². The summed E-state index contributed by atoms with van der Waals surface area (Å²) in [6.07, 6.45) is 1.30. The molecule has 0 aliphatic heterocycles. The van der Waals surface area contributed by atoms with E-state index in [0.717, 1.165) is 5.56 Å². The van der Waals surface area contributed by atoms with Crippen molar-refractivity contribution in [2.75, 3.05) is 0 Å². The van der Waals surface area contributed by atoms with E-state index in [1.54, 1.807) is 36.4 Å². The molecule has 0 bridgehead atoms. The predicted molar refractivity (Wildman–Crippen MR) is 177 cm³/mol. The summed E-state index contributed by atoms with van der Waals surface area (Å²) in [5.41, 5.74) is 3.91. The van der Waals surface area contributed by atoms with Crippen LogP contribution in [0.1, 0.15) is 46.0 Å². The van der Waals surface area contributed by atoms with Gasteiger partial charge in [-0.15, -0.1) is 71.3 Å². The van der Waals surface area contributed by atoms with Crippen molar-refractivity contribution in [3.63, 3.8) is 0 Å². The Bertz CT molecular complexity index is 2260. The Balaban J connectivity index is 0.000000223. The summed E-state index contributed by atoms with van der Waals surface area (Å²) in [7, 11) is 0. The molecule has 0 spiro atoms. The van der Waals surface area contributed by atoms with Gasteiger partial charge in [0.25, 0.3) is 0 Å². The fraction of sp³-hybridized carbons (Fsp3) is 0.154. The maximum atomic E-state index is 14.4. The van der Waals surface area contributed by atoms with E-state index >= 15 is 0 Å². The molecule has 7 rings (SSSR count). The Hall–Kier alpha value is -4.78. The van der Waals surface area contributed by atoms with Crippen molar-refractivity contribution >= 4 is 11.4 Å². The molecule has 0 aliphatic rings. The Morgan fingerprint density at radius 3 is 2.21 bits per heavy atom. The molecule has 7 aromatic rings. The van der Waals surface area contributed by atoms with Crippen LogP contribution in [0.2, 0.25) is 0 Å². The Kier molecular flexibility index (Phi) is 7.79. The first-order valence-electron chi connectivity index (χ1n) is 17.4. The van der Waals surface area contributed by atoms with E-state index in [-0.39, 0.29) is 42.2 Å². The fourth-order valence-electron chi connectivity index (χ4n) is 4.75. The third kappa shape index (κ3) is 7.30. The fourth-order valence-corrected chi connectivity index (χ4v) is 4.75. The molecule has 8 heteroatoms. The van der Waals surface area contributed by atoms with E-state index < -0.39 is 25.3 Å². The number of halogens is 2. The summed E-state index contributed by atoms with van der Waals surface area (Å²) in [6.45, 7) is 1.69. The van der Waals surface area contributed by atoms with Crippen molar-refractivity contribution in [3.05, 3.63) is 144 Å². The van der Waals surface area contributed by atoms with Gasteiger partial charge in [0.15, 0.2) is 0 Å². The third-order valence-electron chi connectivity index (χ3n) is 7.02. The minimum atomic E-state index is -2.18. The Morgan fingerprint density at radius 2 is 1.57 bits per heavy atom. The van der Waals surface area contributed by atoms with Crippen LogP contribution in [0, 0.1) is 37.5 Å². The molecule has 4 aromatic carbocycles. The summed E-state index contributed by atoms with van der Waals surface area (Å²) < 4.78 is 80.5. The summed E-state index contributed by atoms with van der Waals surface area (Å²) in [5, 5.41) is 0. The number of aromatic nitrogens is 4. The van der Waals surface area contributed by atoms with Gasteiger partial charge in [-0.2, -0.15) is 4.98 Å². The molecular weight excluding hydrogens is 771 g/mol. The molecule has 0 aliphatic carbocycles. The van der Waals surface area contributed by atoms with Gasteiger partial charge in [0.2, 0.25) is 17.3 Å². The van der Waals surface area contributed by atoms with Crippen molar-refractivity contribution in [1.29, 1.82) is 0 Å². The van der Waals surface area contributed by atoms with E-state index in [0.29, 0.717) is 45.6 Å². The number of imidazole rings is 1. The number of pyridine rings is 1. The molecule has 239 valence electrons. The van der Waals surface area contributed by atoms with Gasteiger partial charge in [0.1, 0.15) is 11.6 Å². The van der Waals surface area contributed by atoms with Crippen LogP contribution >= 0.6 is 0 Å². The minimum Gasteiger partial charge on any atom is -0.422 e. The topological polar surface area (TPSA) is 56.7 Å². The molecule has 1 radical (unpaired) electrons. The Labute approximate surface area is 295 Å². The second-order valence-corrected chi connectivity index (χ2v) is 11.5. The number of hydrogen-bond donors (Lipinski definition) is 0. The number of fused-ring (bicyclic) bond motifs is 1. The van der Waals surface area contributed by atoms with Gasteiger partial charge in [0, 0.05) is 45.6 Å². The van der Waals surface area contributed by atoms with Crippen LogP contribution < -0.4 is 0 Å². The number of oxazole rings is 1. The maximum Gasteiger partial charge on any atom is 0.244 e. The van der Waals surface area contributed by atoms with Crippen LogP contribution in [-0.4, -0.2) is 19.5 Å². The first-order valence-corrected chi connectivity index (χ1v) is 14.4. The SMILES string of the molecule is CC(C)(C)c1nc2nc(-c3[c-]cccc3)n(-c3cccc(-c4c(F)cccc4F)c3)c2o1.[2H]C([2H])([2H])c1c[c-]c(-c2ccc(C([2H])([2H])[2H])cn2)cc1.[Ir]. The third-order valence-corrected chi connectivity index (χ3v) is 7.02. The monoisotopic (exact) mass is 809 g/mol. The number of aryl methyl sites for hydroxylation is 2. The van der Waals surface area contributed by atoms with Crippen LogP contribution in [-0.2, 0) is 25.5 Å². The van der Waals surface area contributed by atoms with Crippen molar-refractivity contribution in [2.45, 2.75) is 39.9 Å². The average Bonchev–Trinajstić information content (AvgIpc) is 3.68. The Morgan fingerprint density at radius 1 is 0.809 bits per heavy atom. The summed E-state index contributed by atoms with van der Waals surface area (Å²) >= 11 is 0. The molecule has 5 nitrogen and oxygen atoms in total. The van der Waals surface area contributed by atoms with Gasteiger partial charge >= 0.3 is 0 Å². The van der Waals surface area contributed by atoms with Crippen molar-refractivity contribution in [3.8, 4) is 39.5 Å². The molecule has 0 saturated heterocycles. The van der Waals surface area contributed by atoms with Crippen molar-refractivity contribution in [1.82, 2.24) is 19.5 Å². The molecular formula is C39H32F2IrN4O-2. The molecule has 0 amide bonds. The van der Waals surface area contributed by atoms with Crippen LogP contribution in [0.15, 0.2) is 108 Å². The molecule has 47 heavy (non-hydrogen) atoms. The number of rotatable bonds is 4. The molecule has 0 fully saturated rings. The summed E-state index contributed by atoms with van der Waals surface area (Å²) in [5.74, 6) is -0.101. The van der Waals surface area contributed by atoms with E-state index in [2.05, 4.69) is 22.1 Å². The summed E-state index contributed by atoms with van der Waals surface area (Å²) in [6, 6.07) is 31.9. The quantitative estimate of drug-likeness (QED) is 0.166. The number of benzene rings is 4. The molecule has 0 unspecified atom stereocenters. The smallest absolute Gasteiger partial charge is 0.244 e. The zero-order valence-electron chi connectivity index (χ0n) is 31.6. The molecule has 3 aromatic heterocycles. The second-order valence-electron chi connectivity index (χ2n) is 11.5. The van der Waals surface area contributed by atoms with E-state index in [9.17, 15) is 8.78 Å². The maximum absolute atomic E-state index is 14.4. The van der Waals surface area contributed by atoms with Crippen molar-refractivity contribution in [2.24, 2.45) is 0 Å². The zero-order valence-corrected chi connectivity index (χ0v) is 28.0. The van der Waals surface area contributed by atoms with Gasteiger partial charge in [0.05, 0.1) is 11.4 Å². The second kappa shape index (κ2) is 13.9. The van der Waals surface area contributed by atoms with Crippen LogP contribution in [0.5, 0.6) is 0 Å². The number of nitrogens with zero attached hydrogens (tertiary/aromatic N) is 4. The van der Waals surface area contributed by atoms with Gasteiger partial charge in [-0.1, -0.05) is 58.0 Å². The van der Waals surface area contributed by atoms with Crippen LogP contribution in [0.25, 0.3) is 50.8 Å². The minimum absolute atomic E-state index is 0. The van der Waals surface area contributed by atoms with Crippen molar-refractivity contribution < 1.29 is 41.5 Å². The van der Waals surface area contributed by atoms with Crippen LogP contribution in [0.3, 0.4) is 0 Å². The summed E-state index contributed by atoms with van der Waals surface area (Å²) in [4.78, 5) is 13.4. The van der Waals surface area contributed by atoms with Gasteiger partial charge in [-0.3, -0.25) is 4.98 Å². The van der Waals surface area contributed by atoms with Gasteiger partial charge in [-0.05, 0) is 47.9 Å². The standard InChI is InChI=1S/C26H20F2N3O.C13H12N.Ir/c1-26(2,3)25-30-22-24(32-25)31(23(29-22)16-9-5-4-6-10-16)18-12-7-11-17(15-18)21-19(27)13-8-14-20(21)28;1-10-3-6-12(7-4-10)13-8-5-11(2)9-14-13;/h4-9,11-15H,1-3H3;3-6,8-9H,1-2H3;/q2*-1;/i;1D3,2D3;. The van der Waals surface area contributed by atoms with E-state index in [1.807, 2.05) is 49.6 Å². The molecule has 3 heterocycles. The molecule has 0 saturated carbocycles. The van der Waals surface area contributed by atoms with E-state index in [1.165, 1.54) is 42.6 Å². The largest absolute Gasteiger partial charge is 0.422 e. The van der Waals surface area contributed by atoms with Gasteiger partial charge in [-0.25, -0.2) is 8.78 Å². The predicted octanol–water partition coefficient (Wildman–Crippen LogP) is 9.89. The normalized spacial score (nSPS) is 13.6. The molecule has 0 atom stereocenters. The number of hydrogen-bond acceptors (Lipinski definition) is 4. The first-order chi connectivity index (χ1) is 24.5. The molecule has 0 N–H and O–H groups in total. The average molecular weight is 809 g/mol. The zero-order chi connectivity index (χ0) is 37.4. The van der Waals surface area contributed by atoms with Crippen LogP contribution in [0.4, 0.5) is 8.78 Å². The first kappa shape index (κ1) is 26.3.